The van der Waals surface area contributed by atoms with Crippen molar-refractivity contribution in [1.29, 1.82) is 0 Å². The van der Waals surface area contributed by atoms with Crippen LogP contribution in [0.25, 0.3) is 0 Å². The molecule has 0 radical (unpaired) electrons. The second-order valence-electron chi connectivity index (χ2n) is 6.10. The zero-order valence-corrected chi connectivity index (χ0v) is 10.5. The molecular weight excluding hydrogens is 196 g/mol. The Bertz CT molecular complexity index is 223. The summed E-state index contributed by atoms with van der Waals surface area (Å²) in [4.78, 5) is 2.77. The van der Waals surface area contributed by atoms with Gasteiger partial charge in [-0.1, -0.05) is 6.42 Å². The fraction of sp³-hybridized carbons (Fsp3) is 1.00. The molecule has 3 aliphatic rings. The minimum Gasteiger partial charge on any atom is -0.316 e. The largest absolute Gasteiger partial charge is 0.316 e. The fourth-order valence-electron chi connectivity index (χ4n) is 3.61. The van der Waals surface area contributed by atoms with Crippen molar-refractivity contribution >= 4 is 0 Å². The van der Waals surface area contributed by atoms with Crippen LogP contribution in [0.5, 0.6) is 0 Å². The van der Waals surface area contributed by atoms with E-state index in [0.717, 1.165) is 17.9 Å². The highest BCUT2D eigenvalue weighted by atomic mass is 15.2. The van der Waals surface area contributed by atoms with Gasteiger partial charge in [0.2, 0.25) is 0 Å². The van der Waals surface area contributed by atoms with Gasteiger partial charge in [-0.2, -0.15) is 0 Å². The molecule has 0 aromatic heterocycles. The quantitative estimate of drug-likeness (QED) is 0.785. The van der Waals surface area contributed by atoms with Gasteiger partial charge in [-0.05, 0) is 76.5 Å². The summed E-state index contributed by atoms with van der Waals surface area (Å²) in [5, 5.41) is 3.72. The van der Waals surface area contributed by atoms with E-state index in [1.54, 1.807) is 0 Å². The van der Waals surface area contributed by atoms with E-state index in [2.05, 4.69) is 10.2 Å². The Morgan fingerprint density at radius 1 is 0.875 bits per heavy atom. The molecule has 1 saturated carbocycles. The molecule has 16 heavy (non-hydrogen) atoms. The third-order valence-electron chi connectivity index (χ3n) is 4.77. The van der Waals surface area contributed by atoms with Crippen LogP contribution in [-0.2, 0) is 0 Å². The Labute approximate surface area is 99.8 Å². The molecule has 0 amide bonds. The number of hydrogen-bond donors (Lipinski definition) is 1. The van der Waals surface area contributed by atoms with Gasteiger partial charge in [-0.25, -0.2) is 0 Å². The number of nitrogens with zero attached hydrogens (tertiary/aromatic N) is 1. The molecular formula is C14H26N2. The zero-order valence-electron chi connectivity index (χ0n) is 10.5. The Kier molecular flexibility index (Phi) is 3.49. The van der Waals surface area contributed by atoms with Crippen LogP contribution in [0.15, 0.2) is 0 Å². The molecule has 1 aliphatic carbocycles. The van der Waals surface area contributed by atoms with Crippen LogP contribution in [0.4, 0.5) is 0 Å². The summed E-state index contributed by atoms with van der Waals surface area (Å²) in [5.74, 6) is 1.99. The Morgan fingerprint density at radius 3 is 2.62 bits per heavy atom. The molecule has 2 saturated heterocycles. The van der Waals surface area contributed by atoms with Crippen molar-refractivity contribution in [3.63, 3.8) is 0 Å². The summed E-state index contributed by atoms with van der Waals surface area (Å²) < 4.78 is 0. The van der Waals surface area contributed by atoms with Crippen LogP contribution in [-0.4, -0.2) is 37.1 Å². The molecule has 0 aromatic rings. The van der Waals surface area contributed by atoms with E-state index in [-0.39, 0.29) is 0 Å². The normalized spacial score (nSPS) is 36.0. The Hall–Kier alpha value is -0.0800. The highest BCUT2D eigenvalue weighted by Crippen LogP contribution is 2.31. The van der Waals surface area contributed by atoms with Crippen LogP contribution >= 0.6 is 0 Å². The van der Waals surface area contributed by atoms with Gasteiger partial charge in [0.15, 0.2) is 0 Å². The van der Waals surface area contributed by atoms with Crippen molar-refractivity contribution in [1.82, 2.24) is 10.2 Å². The number of fused-ring (bicyclic) bond motifs is 1. The lowest BCUT2D eigenvalue weighted by Gasteiger charge is -2.44. The van der Waals surface area contributed by atoms with Crippen LogP contribution < -0.4 is 5.32 Å². The van der Waals surface area contributed by atoms with Crippen molar-refractivity contribution in [3.05, 3.63) is 0 Å². The zero-order chi connectivity index (χ0) is 10.8. The lowest BCUT2D eigenvalue weighted by Crippen LogP contribution is -2.50. The van der Waals surface area contributed by atoms with Crippen molar-refractivity contribution in [3.8, 4) is 0 Å². The lowest BCUT2D eigenvalue weighted by atomic mass is 9.83. The molecule has 92 valence electrons. The maximum atomic E-state index is 3.72. The van der Waals surface area contributed by atoms with E-state index in [1.807, 2.05) is 0 Å². The van der Waals surface area contributed by atoms with Crippen LogP contribution in [0.1, 0.15) is 44.9 Å². The smallest absolute Gasteiger partial charge is 0.0136 e. The first-order chi connectivity index (χ1) is 7.93. The highest BCUT2D eigenvalue weighted by molar-refractivity contribution is 4.88. The standard InChI is InChI=1S/C14H26N2/c1-2-8-16-9-3-4-13(14(16)5-1)11-15-10-12-6-7-12/h12-15H,1-11H2/t13-,14+/m0/s1. The van der Waals surface area contributed by atoms with Gasteiger partial charge < -0.3 is 10.2 Å². The maximum absolute atomic E-state index is 3.72. The van der Waals surface area contributed by atoms with Gasteiger partial charge in [-0.15, -0.1) is 0 Å². The van der Waals surface area contributed by atoms with E-state index in [4.69, 9.17) is 0 Å². The molecule has 2 heterocycles. The molecule has 0 aromatic carbocycles. The summed E-state index contributed by atoms with van der Waals surface area (Å²) >= 11 is 0. The van der Waals surface area contributed by atoms with E-state index in [1.165, 1.54) is 71.1 Å². The van der Waals surface area contributed by atoms with Crippen LogP contribution in [0.3, 0.4) is 0 Å². The monoisotopic (exact) mass is 222 g/mol. The van der Waals surface area contributed by atoms with Gasteiger partial charge in [0, 0.05) is 6.04 Å². The molecule has 3 fully saturated rings. The minimum absolute atomic E-state index is 0.925. The fourth-order valence-corrected chi connectivity index (χ4v) is 3.61. The van der Waals surface area contributed by atoms with Gasteiger partial charge in [0.1, 0.15) is 0 Å². The summed E-state index contributed by atoms with van der Waals surface area (Å²) in [5.41, 5.74) is 0. The third-order valence-corrected chi connectivity index (χ3v) is 4.77. The van der Waals surface area contributed by atoms with Gasteiger partial charge in [0.25, 0.3) is 0 Å². The number of piperidine rings is 2. The lowest BCUT2D eigenvalue weighted by molar-refractivity contribution is 0.0594. The first-order valence-electron chi connectivity index (χ1n) is 7.38. The highest BCUT2D eigenvalue weighted by Gasteiger charge is 2.32. The molecule has 0 spiro atoms. The molecule has 2 nitrogen and oxygen atoms in total. The Morgan fingerprint density at radius 2 is 1.75 bits per heavy atom. The minimum atomic E-state index is 0.925. The SMILES string of the molecule is C1CCN2CCC[C@@H](CNCC3CC3)[C@H]2C1. The third kappa shape index (κ3) is 2.60. The van der Waals surface area contributed by atoms with Gasteiger partial charge in [0.05, 0.1) is 0 Å². The summed E-state index contributed by atoms with van der Waals surface area (Å²) in [7, 11) is 0. The van der Waals surface area contributed by atoms with E-state index in [9.17, 15) is 0 Å². The van der Waals surface area contributed by atoms with Crippen LogP contribution in [0.2, 0.25) is 0 Å². The van der Waals surface area contributed by atoms with Crippen molar-refractivity contribution < 1.29 is 0 Å². The van der Waals surface area contributed by atoms with Crippen molar-refractivity contribution in [2.45, 2.75) is 51.0 Å². The number of rotatable bonds is 4. The summed E-state index contributed by atoms with van der Waals surface area (Å²) in [6.07, 6.45) is 10.3. The van der Waals surface area contributed by atoms with Gasteiger partial charge >= 0.3 is 0 Å². The first-order valence-corrected chi connectivity index (χ1v) is 7.38. The molecule has 2 heteroatoms. The van der Waals surface area contributed by atoms with Crippen molar-refractivity contribution in [2.75, 3.05) is 26.2 Å². The maximum Gasteiger partial charge on any atom is 0.0136 e. The number of nitrogens with one attached hydrogen (secondary N) is 1. The van der Waals surface area contributed by atoms with Gasteiger partial charge in [-0.3, -0.25) is 0 Å². The van der Waals surface area contributed by atoms with E-state index >= 15 is 0 Å². The summed E-state index contributed by atoms with van der Waals surface area (Å²) in [6.45, 7) is 5.34. The number of hydrogen-bond acceptors (Lipinski definition) is 2. The molecule has 0 unspecified atom stereocenters. The topological polar surface area (TPSA) is 15.3 Å². The average Bonchev–Trinajstić information content (AvgIpc) is 3.13. The second-order valence-corrected chi connectivity index (χ2v) is 6.10. The first kappa shape index (κ1) is 11.0. The summed E-state index contributed by atoms with van der Waals surface area (Å²) in [6, 6.07) is 0.925. The molecule has 1 N–H and O–H groups in total. The Balaban J connectivity index is 1.47. The van der Waals surface area contributed by atoms with E-state index in [0.29, 0.717) is 0 Å². The molecule has 0 bridgehead atoms. The predicted molar refractivity (Wildman–Crippen MR) is 67.5 cm³/mol. The molecule has 2 aliphatic heterocycles. The van der Waals surface area contributed by atoms with E-state index < -0.39 is 0 Å². The van der Waals surface area contributed by atoms with Crippen molar-refractivity contribution in [2.24, 2.45) is 11.8 Å². The predicted octanol–water partition coefficient (Wildman–Crippen LogP) is 2.25. The molecule has 2 atom stereocenters. The molecule has 3 rings (SSSR count). The average molecular weight is 222 g/mol. The second kappa shape index (κ2) is 5.05. The van der Waals surface area contributed by atoms with Crippen LogP contribution in [0, 0.1) is 11.8 Å².